The van der Waals surface area contributed by atoms with E-state index < -0.39 is 35.3 Å². The first-order valence-corrected chi connectivity index (χ1v) is 9.04. The van der Waals surface area contributed by atoms with E-state index in [0.717, 1.165) is 0 Å². The molecule has 0 bridgehead atoms. The Bertz CT molecular complexity index is 974. The summed E-state index contributed by atoms with van der Waals surface area (Å²) in [6, 6.07) is 10.3. The fourth-order valence-corrected chi connectivity index (χ4v) is 2.37. The number of ketones is 2. The number of carbonyl (C=O) groups excluding carboxylic acids is 2. The van der Waals surface area contributed by atoms with Crippen molar-refractivity contribution in [1.29, 1.82) is 0 Å². The predicted molar refractivity (Wildman–Crippen MR) is 108 cm³/mol. The van der Waals surface area contributed by atoms with Gasteiger partial charge < -0.3 is 19.7 Å². The molecule has 0 aliphatic heterocycles. The number of hydrogen-bond donors (Lipinski definition) is 2. The number of aliphatic hydroxyl groups excluding tert-OH is 2. The van der Waals surface area contributed by atoms with Gasteiger partial charge in [0.15, 0.2) is 0 Å². The summed E-state index contributed by atoms with van der Waals surface area (Å²) in [5.41, 5.74) is -0.176. The van der Waals surface area contributed by atoms with Crippen LogP contribution in [0.1, 0.15) is 11.1 Å². The first kappa shape index (κ1) is 25.4. The summed E-state index contributed by atoms with van der Waals surface area (Å²) in [5, 5.41) is 19.6. The topological polar surface area (TPSA) is 102 Å². The molecule has 33 heavy (non-hydrogen) atoms. The van der Waals surface area contributed by atoms with Crippen molar-refractivity contribution in [2.75, 3.05) is 14.2 Å². The Morgan fingerprint density at radius 2 is 1.00 bits per heavy atom. The standard InChI is InChI=1S/C22H18F4O7/c1-31-15-7-3-13(4-8-15)17(27)11-19(29)21(23,24)33-22(25,26)20(30)12-18(28)14-5-9-16(32-2)10-6-14/h3-12,27-28H,1-2H3/b17-11-,18-12-. The Balaban J connectivity index is 2.15. The Hall–Kier alpha value is -3.86. The third-order valence-corrected chi connectivity index (χ3v) is 4.14. The molecule has 2 aromatic carbocycles. The number of methoxy groups -OCH3 is 2. The highest BCUT2D eigenvalue weighted by Crippen LogP contribution is 2.31. The monoisotopic (exact) mass is 470 g/mol. The van der Waals surface area contributed by atoms with Gasteiger partial charge in [-0.25, -0.2) is 4.74 Å². The second-order valence-corrected chi connectivity index (χ2v) is 6.38. The van der Waals surface area contributed by atoms with Crippen LogP contribution in [0, 0.1) is 0 Å². The number of hydrogen-bond acceptors (Lipinski definition) is 7. The van der Waals surface area contributed by atoms with Crippen LogP contribution in [0.15, 0.2) is 60.7 Å². The summed E-state index contributed by atoms with van der Waals surface area (Å²) in [6.07, 6.45) is -10.4. The summed E-state index contributed by atoms with van der Waals surface area (Å²) < 4.78 is 68.7. The molecular formula is C22H18F4O7. The third-order valence-electron chi connectivity index (χ3n) is 4.14. The molecule has 0 aliphatic rings. The number of aliphatic hydroxyl groups is 2. The van der Waals surface area contributed by atoms with E-state index >= 15 is 0 Å². The minimum atomic E-state index is -5.18. The number of ether oxygens (including phenoxy) is 3. The van der Waals surface area contributed by atoms with Crippen molar-refractivity contribution in [1.82, 2.24) is 0 Å². The van der Waals surface area contributed by atoms with E-state index in [1.165, 1.54) is 62.8 Å². The number of rotatable bonds is 10. The van der Waals surface area contributed by atoms with Crippen molar-refractivity contribution < 1.29 is 51.6 Å². The molecule has 7 nitrogen and oxygen atoms in total. The van der Waals surface area contributed by atoms with E-state index in [0.29, 0.717) is 11.5 Å². The number of carbonyl (C=O) groups is 2. The summed E-state index contributed by atoms with van der Waals surface area (Å²) in [7, 11) is 2.72. The van der Waals surface area contributed by atoms with Crippen LogP contribution in [0.25, 0.3) is 11.5 Å². The van der Waals surface area contributed by atoms with Crippen molar-refractivity contribution >= 4 is 23.1 Å². The molecule has 2 N–H and O–H groups in total. The molecule has 0 fully saturated rings. The van der Waals surface area contributed by atoms with Gasteiger partial charge >= 0.3 is 12.2 Å². The highest BCUT2D eigenvalue weighted by atomic mass is 19.3. The maximum atomic E-state index is 13.9. The molecule has 0 aromatic heterocycles. The summed E-state index contributed by atoms with van der Waals surface area (Å²) in [6.45, 7) is 0. The van der Waals surface area contributed by atoms with Gasteiger partial charge in [0.25, 0.3) is 11.6 Å². The molecule has 0 saturated heterocycles. The first-order chi connectivity index (χ1) is 15.4. The molecule has 2 rings (SSSR count). The third kappa shape index (κ3) is 6.56. The van der Waals surface area contributed by atoms with Crippen molar-refractivity contribution in [3.63, 3.8) is 0 Å². The lowest BCUT2D eigenvalue weighted by molar-refractivity contribution is -0.336. The van der Waals surface area contributed by atoms with Crippen LogP contribution < -0.4 is 9.47 Å². The van der Waals surface area contributed by atoms with Gasteiger partial charge in [0.05, 0.1) is 14.2 Å². The van der Waals surface area contributed by atoms with Gasteiger partial charge in [-0.1, -0.05) is 0 Å². The molecule has 11 heteroatoms. The molecule has 0 aliphatic carbocycles. The normalized spacial score (nSPS) is 12.9. The van der Waals surface area contributed by atoms with Gasteiger partial charge in [0.2, 0.25) is 0 Å². The average Bonchev–Trinajstić information content (AvgIpc) is 2.78. The van der Waals surface area contributed by atoms with Crippen LogP contribution in [0.2, 0.25) is 0 Å². The zero-order chi connectivity index (χ0) is 24.8. The van der Waals surface area contributed by atoms with Crippen LogP contribution in [0.5, 0.6) is 11.5 Å². The van der Waals surface area contributed by atoms with Gasteiger partial charge in [-0.05, 0) is 48.5 Å². The molecular weight excluding hydrogens is 452 g/mol. The lowest BCUT2D eigenvalue weighted by Gasteiger charge is -2.20. The van der Waals surface area contributed by atoms with Gasteiger partial charge in [-0.15, -0.1) is 0 Å². The summed E-state index contributed by atoms with van der Waals surface area (Å²) in [4.78, 5) is 23.4. The molecule has 176 valence electrons. The Morgan fingerprint density at radius 1 is 0.697 bits per heavy atom. The van der Waals surface area contributed by atoms with Gasteiger partial charge in [-0.3, -0.25) is 9.59 Å². The van der Waals surface area contributed by atoms with E-state index in [9.17, 15) is 37.4 Å². The minimum Gasteiger partial charge on any atom is -0.507 e. The van der Waals surface area contributed by atoms with E-state index in [2.05, 4.69) is 4.74 Å². The predicted octanol–water partition coefficient (Wildman–Crippen LogP) is 4.54. The van der Waals surface area contributed by atoms with Gasteiger partial charge in [0.1, 0.15) is 23.0 Å². The largest absolute Gasteiger partial charge is 0.507 e. The molecule has 0 atom stereocenters. The Labute approximate surface area is 185 Å². The number of benzene rings is 2. The first-order valence-electron chi connectivity index (χ1n) is 9.04. The Kier molecular flexibility index (Phi) is 7.83. The number of halogens is 4. The van der Waals surface area contributed by atoms with Crippen LogP contribution in [-0.4, -0.2) is 48.2 Å². The molecule has 2 aromatic rings. The highest BCUT2D eigenvalue weighted by molar-refractivity contribution is 6.01. The maximum Gasteiger partial charge on any atom is 0.425 e. The maximum absolute atomic E-state index is 13.9. The van der Waals surface area contributed by atoms with E-state index in [1.807, 2.05) is 0 Å². The SMILES string of the molecule is COc1ccc(/C(O)=C/C(=O)C(F)(F)OC(F)(F)C(=O)/C=C(\O)c2ccc(OC)cc2)cc1. The smallest absolute Gasteiger partial charge is 0.425 e. The second-order valence-electron chi connectivity index (χ2n) is 6.38. The Morgan fingerprint density at radius 3 is 1.27 bits per heavy atom. The van der Waals surface area contributed by atoms with Crippen LogP contribution in [0.4, 0.5) is 17.6 Å². The molecule has 0 heterocycles. The quantitative estimate of drug-likeness (QED) is 0.299. The average molecular weight is 470 g/mol. The van der Waals surface area contributed by atoms with E-state index in [-0.39, 0.29) is 23.3 Å². The zero-order valence-electron chi connectivity index (χ0n) is 17.2. The lowest BCUT2D eigenvalue weighted by atomic mass is 10.1. The van der Waals surface area contributed by atoms with E-state index in [4.69, 9.17) is 9.47 Å². The van der Waals surface area contributed by atoms with Gasteiger partial charge in [-0.2, -0.15) is 17.6 Å². The molecule has 0 amide bonds. The summed E-state index contributed by atoms with van der Waals surface area (Å²) >= 11 is 0. The van der Waals surface area contributed by atoms with E-state index in [1.54, 1.807) is 0 Å². The fourth-order valence-electron chi connectivity index (χ4n) is 2.37. The highest BCUT2D eigenvalue weighted by Gasteiger charge is 2.52. The molecule has 0 unspecified atom stereocenters. The molecule has 0 spiro atoms. The van der Waals surface area contributed by atoms with Gasteiger partial charge in [0, 0.05) is 23.3 Å². The van der Waals surface area contributed by atoms with Crippen molar-refractivity contribution in [2.45, 2.75) is 12.2 Å². The zero-order valence-corrected chi connectivity index (χ0v) is 17.2. The number of alkyl halides is 4. The van der Waals surface area contributed by atoms with Crippen molar-refractivity contribution in [3.8, 4) is 11.5 Å². The van der Waals surface area contributed by atoms with Crippen molar-refractivity contribution in [3.05, 3.63) is 71.8 Å². The molecule has 0 radical (unpaired) electrons. The minimum absolute atomic E-state index is 0.0208. The van der Waals surface area contributed by atoms with Crippen LogP contribution in [0.3, 0.4) is 0 Å². The summed E-state index contributed by atoms with van der Waals surface area (Å²) in [5.74, 6) is -5.86. The van der Waals surface area contributed by atoms with Crippen LogP contribution >= 0.6 is 0 Å². The van der Waals surface area contributed by atoms with Crippen LogP contribution in [-0.2, 0) is 14.3 Å². The lowest BCUT2D eigenvalue weighted by Crippen LogP contribution is -2.42. The molecule has 0 saturated carbocycles. The second kappa shape index (κ2) is 10.2. The fraction of sp³-hybridized carbons (Fsp3) is 0.182. The van der Waals surface area contributed by atoms with Crippen molar-refractivity contribution in [2.24, 2.45) is 0 Å².